The first kappa shape index (κ1) is 15.6. The second kappa shape index (κ2) is 9.44. The molecule has 0 unspecified atom stereocenters. The maximum atomic E-state index is 2.31. The fourth-order valence-electron chi connectivity index (χ4n) is 2.11. The SMILES string of the molecule is BC(=C\CC)/C(/C=C\CCc1ccccc1)=C/CC. The molecule has 1 aromatic carbocycles. The lowest BCUT2D eigenvalue weighted by Gasteiger charge is -2.03. The first-order valence-corrected chi connectivity index (χ1v) is 7.35. The van der Waals surface area contributed by atoms with Crippen LogP contribution in [0.3, 0.4) is 0 Å². The van der Waals surface area contributed by atoms with Gasteiger partial charge in [0.2, 0.25) is 0 Å². The lowest BCUT2D eigenvalue weighted by atomic mass is 9.86. The Balaban J connectivity index is 2.53. The number of hydrogen-bond donors (Lipinski definition) is 0. The molecule has 0 amide bonds. The van der Waals surface area contributed by atoms with Crippen molar-refractivity contribution < 1.29 is 0 Å². The zero-order chi connectivity index (χ0) is 13.9. The molecule has 0 radical (unpaired) electrons. The molecular formula is C18H25B. The molecular weight excluding hydrogens is 227 g/mol. The molecule has 0 N–H and O–H groups in total. The fraction of sp³-hybridized carbons (Fsp3) is 0.333. The van der Waals surface area contributed by atoms with Crippen LogP contribution in [0.4, 0.5) is 0 Å². The van der Waals surface area contributed by atoms with Crippen molar-refractivity contribution >= 4 is 7.85 Å². The van der Waals surface area contributed by atoms with Gasteiger partial charge in [-0.1, -0.05) is 74.0 Å². The van der Waals surface area contributed by atoms with Crippen LogP contribution < -0.4 is 0 Å². The number of rotatable bonds is 7. The maximum absolute atomic E-state index is 2.31. The molecule has 0 atom stereocenters. The number of hydrogen-bond acceptors (Lipinski definition) is 0. The molecule has 0 aromatic heterocycles. The van der Waals surface area contributed by atoms with Crippen molar-refractivity contribution in [2.75, 3.05) is 0 Å². The molecule has 0 saturated heterocycles. The minimum Gasteiger partial charge on any atom is -0.0906 e. The summed E-state index contributed by atoms with van der Waals surface area (Å²) in [5, 5.41) is 0. The zero-order valence-electron chi connectivity index (χ0n) is 12.5. The predicted octanol–water partition coefficient (Wildman–Crippen LogP) is 4.44. The van der Waals surface area contributed by atoms with Crippen LogP contribution in [0.5, 0.6) is 0 Å². The highest BCUT2D eigenvalue weighted by Crippen LogP contribution is 2.11. The standard InChI is InChI=1S/C18H25B/c1-3-10-17(18(19)11-4-2)15-9-8-14-16-12-6-5-7-13-16/h5-7,9-13,15H,3-4,8,14,19H2,1-2H3/b15-9-,17-10+,18-11-. The van der Waals surface area contributed by atoms with Crippen molar-refractivity contribution in [1.29, 1.82) is 0 Å². The summed E-state index contributed by atoms with van der Waals surface area (Å²) in [5.41, 5.74) is 4.17. The Kier molecular flexibility index (Phi) is 7.73. The van der Waals surface area contributed by atoms with E-state index in [1.807, 2.05) is 0 Å². The van der Waals surface area contributed by atoms with Crippen molar-refractivity contribution in [3.8, 4) is 0 Å². The minimum atomic E-state index is 1.09. The van der Waals surface area contributed by atoms with E-state index in [1.165, 1.54) is 16.6 Å². The quantitative estimate of drug-likeness (QED) is 0.497. The van der Waals surface area contributed by atoms with Crippen molar-refractivity contribution in [2.45, 2.75) is 39.5 Å². The third-order valence-electron chi connectivity index (χ3n) is 3.13. The van der Waals surface area contributed by atoms with Crippen LogP contribution in [0, 0.1) is 0 Å². The molecule has 0 bridgehead atoms. The van der Waals surface area contributed by atoms with Gasteiger partial charge in [-0.15, -0.1) is 0 Å². The van der Waals surface area contributed by atoms with Crippen LogP contribution in [-0.2, 0) is 6.42 Å². The van der Waals surface area contributed by atoms with Crippen molar-refractivity contribution in [3.63, 3.8) is 0 Å². The van der Waals surface area contributed by atoms with E-state index < -0.39 is 0 Å². The molecule has 0 fully saturated rings. The second-order valence-electron chi connectivity index (χ2n) is 4.79. The maximum Gasteiger partial charge on any atom is 0.139 e. The summed E-state index contributed by atoms with van der Waals surface area (Å²) in [5.74, 6) is 0. The van der Waals surface area contributed by atoms with E-state index in [9.17, 15) is 0 Å². The first-order chi connectivity index (χ1) is 9.27. The highest BCUT2D eigenvalue weighted by atomic mass is 14.0. The molecule has 1 rings (SSSR count). The van der Waals surface area contributed by atoms with E-state index in [0.717, 1.165) is 25.7 Å². The van der Waals surface area contributed by atoms with Crippen LogP contribution in [0.1, 0.15) is 38.7 Å². The van der Waals surface area contributed by atoms with Crippen molar-refractivity contribution in [1.82, 2.24) is 0 Å². The molecule has 0 aliphatic carbocycles. The summed E-state index contributed by atoms with van der Waals surface area (Å²) < 4.78 is 0. The Morgan fingerprint density at radius 3 is 2.37 bits per heavy atom. The Morgan fingerprint density at radius 1 is 1.05 bits per heavy atom. The van der Waals surface area contributed by atoms with Crippen LogP contribution >= 0.6 is 0 Å². The van der Waals surface area contributed by atoms with Gasteiger partial charge in [-0.05, 0) is 36.8 Å². The minimum absolute atomic E-state index is 1.09. The average molecular weight is 252 g/mol. The van der Waals surface area contributed by atoms with Crippen molar-refractivity contribution in [2.24, 2.45) is 0 Å². The summed E-state index contributed by atoms with van der Waals surface area (Å²) in [4.78, 5) is 0. The van der Waals surface area contributed by atoms with E-state index in [1.54, 1.807) is 0 Å². The van der Waals surface area contributed by atoms with Gasteiger partial charge in [0, 0.05) is 0 Å². The van der Waals surface area contributed by atoms with E-state index in [2.05, 4.69) is 76.3 Å². The average Bonchev–Trinajstić information content (AvgIpc) is 2.43. The first-order valence-electron chi connectivity index (χ1n) is 7.35. The summed E-state index contributed by atoms with van der Waals surface area (Å²) in [6.07, 6.45) is 13.6. The van der Waals surface area contributed by atoms with Gasteiger partial charge in [-0.3, -0.25) is 0 Å². The van der Waals surface area contributed by atoms with E-state index in [4.69, 9.17) is 0 Å². The monoisotopic (exact) mass is 252 g/mol. The predicted molar refractivity (Wildman–Crippen MR) is 89.2 cm³/mol. The molecule has 0 saturated carbocycles. The highest BCUT2D eigenvalue weighted by Gasteiger charge is 1.94. The summed E-state index contributed by atoms with van der Waals surface area (Å²) in [6, 6.07) is 10.7. The van der Waals surface area contributed by atoms with E-state index >= 15 is 0 Å². The van der Waals surface area contributed by atoms with E-state index in [0.29, 0.717) is 0 Å². The van der Waals surface area contributed by atoms with Gasteiger partial charge in [0.1, 0.15) is 7.85 Å². The van der Waals surface area contributed by atoms with Gasteiger partial charge in [0.25, 0.3) is 0 Å². The molecule has 100 valence electrons. The third-order valence-corrected chi connectivity index (χ3v) is 3.13. The lowest BCUT2D eigenvalue weighted by Crippen LogP contribution is -1.87. The summed E-state index contributed by atoms with van der Waals surface area (Å²) >= 11 is 0. The topological polar surface area (TPSA) is 0 Å². The van der Waals surface area contributed by atoms with Gasteiger partial charge in [0.15, 0.2) is 0 Å². The fourth-order valence-corrected chi connectivity index (χ4v) is 2.11. The van der Waals surface area contributed by atoms with Crippen LogP contribution in [0.2, 0.25) is 0 Å². The third kappa shape index (κ3) is 6.29. The van der Waals surface area contributed by atoms with Crippen molar-refractivity contribution in [3.05, 3.63) is 71.2 Å². The Bertz CT molecular complexity index is 438. The summed E-state index contributed by atoms with van der Waals surface area (Å²) in [6.45, 7) is 4.38. The molecule has 0 aliphatic rings. The Morgan fingerprint density at radius 2 is 1.74 bits per heavy atom. The molecule has 0 spiro atoms. The molecule has 1 aromatic rings. The van der Waals surface area contributed by atoms with Gasteiger partial charge < -0.3 is 0 Å². The normalized spacial score (nSPS) is 13.2. The van der Waals surface area contributed by atoms with Crippen LogP contribution in [0.15, 0.2) is 65.7 Å². The molecule has 0 aliphatic heterocycles. The molecule has 1 heteroatoms. The van der Waals surface area contributed by atoms with Gasteiger partial charge in [-0.2, -0.15) is 0 Å². The number of allylic oxidation sites excluding steroid dienone is 6. The molecule has 0 heterocycles. The van der Waals surface area contributed by atoms with Crippen LogP contribution in [0.25, 0.3) is 0 Å². The second-order valence-corrected chi connectivity index (χ2v) is 4.79. The number of aryl methyl sites for hydroxylation is 1. The summed E-state index contributed by atoms with van der Waals surface area (Å²) in [7, 11) is 2.20. The zero-order valence-corrected chi connectivity index (χ0v) is 12.5. The molecule has 19 heavy (non-hydrogen) atoms. The van der Waals surface area contributed by atoms with E-state index in [-0.39, 0.29) is 0 Å². The number of benzene rings is 1. The largest absolute Gasteiger partial charge is 0.139 e. The van der Waals surface area contributed by atoms with Gasteiger partial charge >= 0.3 is 0 Å². The molecule has 0 nitrogen and oxygen atoms in total. The smallest absolute Gasteiger partial charge is 0.0906 e. The van der Waals surface area contributed by atoms with Gasteiger partial charge in [0.05, 0.1) is 0 Å². The highest BCUT2D eigenvalue weighted by molar-refractivity contribution is 6.24. The van der Waals surface area contributed by atoms with Crippen LogP contribution in [-0.4, -0.2) is 7.85 Å². The Hall–Kier alpha value is -1.50. The van der Waals surface area contributed by atoms with Gasteiger partial charge in [-0.25, -0.2) is 0 Å². The Labute approximate surface area is 119 Å². The lowest BCUT2D eigenvalue weighted by molar-refractivity contribution is 1.00.